The average molecular weight is 398 g/mol. The third-order valence-corrected chi connectivity index (χ3v) is 6.01. The van der Waals surface area contributed by atoms with Gasteiger partial charge < -0.3 is 10.2 Å². The van der Waals surface area contributed by atoms with Gasteiger partial charge in [-0.1, -0.05) is 29.8 Å². The van der Waals surface area contributed by atoms with Crippen molar-refractivity contribution in [1.29, 1.82) is 0 Å². The van der Waals surface area contributed by atoms with Crippen molar-refractivity contribution in [3.05, 3.63) is 58.7 Å². The zero-order chi connectivity index (χ0) is 19.7. The number of hydrogen-bond acceptors (Lipinski definition) is 3. The number of piperidine rings is 1. The standard InChI is InChI=1S/C22H24ClN3O2/c1-15-7-8-19(24-13-15)25-20(27)16-4-3-11-26(14-16)21(28)22(9-10-22)17-5-2-6-18(23)12-17/h2,5-8,12-13,16H,3-4,9-11,14H2,1H3,(H,24,25,27)/t16-/m1/s1. The minimum atomic E-state index is -0.457. The van der Waals surface area contributed by atoms with Gasteiger partial charge in [0.05, 0.1) is 11.3 Å². The molecule has 0 spiro atoms. The first-order valence-electron chi connectivity index (χ1n) is 9.77. The molecule has 1 aliphatic carbocycles. The monoisotopic (exact) mass is 397 g/mol. The number of halogens is 1. The van der Waals surface area contributed by atoms with Gasteiger partial charge in [-0.15, -0.1) is 0 Å². The molecule has 1 aromatic carbocycles. The molecule has 2 heterocycles. The van der Waals surface area contributed by atoms with Crippen molar-refractivity contribution in [3.8, 4) is 0 Å². The zero-order valence-corrected chi connectivity index (χ0v) is 16.7. The van der Waals surface area contributed by atoms with Crippen LogP contribution in [0.3, 0.4) is 0 Å². The summed E-state index contributed by atoms with van der Waals surface area (Å²) in [7, 11) is 0. The first-order chi connectivity index (χ1) is 13.5. The van der Waals surface area contributed by atoms with E-state index in [2.05, 4.69) is 10.3 Å². The van der Waals surface area contributed by atoms with Crippen LogP contribution in [0.15, 0.2) is 42.6 Å². The zero-order valence-electron chi connectivity index (χ0n) is 16.0. The number of likely N-dealkylation sites (tertiary alicyclic amines) is 1. The van der Waals surface area contributed by atoms with Crippen LogP contribution in [0.5, 0.6) is 0 Å². The molecule has 2 fully saturated rings. The number of carbonyl (C=O) groups is 2. The summed E-state index contributed by atoms with van der Waals surface area (Å²) in [6.45, 7) is 3.11. The molecule has 1 aliphatic heterocycles. The van der Waals surface area contributed by atoms with E-state index >= 15 is 0 Å². The maximum atomic E-state index is 13.3. The second kappa shape index (κ2) is 7.55. The summed E-state index contributed by atoms with van der Waals surface area (Å²) < 4.78 is 0. The second-order valence-corrected chi connectivity index (χ2v) is 8.33. The molecule has 1 saturated heterocycles. The maximum absolute atomic E-state index is 13.3. The Kier molecular flexibility index (Phi) is 5.11. The normalized spacial score (nSPS) is 20.5. The quantitative estimate of drug-likeness (QED) is 0.849. The number of pyridine rings is 1. The van der Waals surface area contributed by atoms with Crippen LogP contribution in [0, 0.1) is 12.8 Å². The van der Waals surface area contributed by atoms with E-state index in [0.29, 0.717) is 23.9 Å². The molecule has 28 heavy (non-hydrogen) atoms. The van der Waals surface area contributed by atoms with Gasteiger partial charge in [-0.25, -0.2) is 4.98 Å². The Morgan fingerprint density at radius 3 is 2.75 bits per heavy atom. The van der Waals surface area contributed by atoms with Crippen LogP contribution in [0.1, 0.15) is 36.8 Å². The van der Waals surface area contributed by atoms with Gasteiger partial charge >= 0.3 is 0 Å². The summed E-state index contributed by atoms with van der Waals surface area (Å²) in [6.07, 6.45) is 5.02. The summed E-state index contributed by atoms with van der Waals surface area (Å²) in [5, 5.41) is 3.54. The van der Waals surface area contributed by atoms with E-state index in [0.717, 1.165) is 36.8 Å². The molecule has 5 nitrogen and oxygen atoms in total. The van der Waals surface area contributed by atoms with Crippen LogP contribution < -0.4 is 5.32 Å². The lowest BCUT2D eigenvalue weighted by Crippen LogP contribution is -2.47. The van der Waals surface area contributed by atoms with E-state index in [-0.39, 0.29) is 17.7 Å². The predicted molar refractivity (Wildman–Crippen MR) is 109 cm³/mol. The number of hydrogen-bond donors (Lipinski definition) is 1. The molecule has 4 rings (SSSR count). The van der Waals surface area contributed by atoms with Gasteiger partial charge in [0.15, 0.2) is 0 Å². The van der Waals surface area contributed by atoms with Crippen molar-refractivity contribution in [1.82, 2.24) is 9.88 Å². The Balaban J connectivity index is 1.44. The fourth-order valence-electron chi connectivity index (χ4n) is 3.99. The molecule has 1 atom stereocenters. The molecule has 0 bridgehead atoms. The van der Waals surface area contributed by atoms with Gasteiger partial charge in [-0.3, -0.25) is 9.59 Å². The number of nitrogens with zero attached hydrogens (tertiary/aromatic N) is 2. The van der Waals surface area contributed by atoms with Crippen molar-refractivity contribution in [2.24, 2.45) is 5.92 Å². The highest BCUT2D eigenvalue weighted by atomic mass is 35.5. The van der Waals surface area contributed by atoms with Gasteiger partial charge in [0.25, 0.3) is 0 Å². The van der Waals surface area contributed by atoms with Crippen LogP contribution in [0.25, 0.3) is 0 Å². The third kappa shape index (κ3) is 3.76. The minimum Gasteiger partial charge on any atom is -0.341 e. The summed E-state index contributed by atoms with van der Waals surface area (Å²) in [5.74, 6) is 0.398. The highest BCUT2D eigenvalue weighted by Crippen LogP contribution is 2.50. The van der Waals surface area contributed by atoms with E-state index in [1.165, 1.54) is 0 Å². The fraction of sp³-hybridized carbons (Fsp3) is 0.409. The Hall–Kier alpha value is -2.40. The molecule has 2 aromatic rings. The van der Waals surface area contributed by atoms with E-state index in [4.69, 9.17) is 11.6 Å². The van der Waals surface area contributed by atoms with E-state index in [1.54, 1.807) is 12.3 Å². The minimum absolute atomic E-state index is 0.0681. The SMILES string of the molecule is Cc1ccc(NC(=O)[C@@H]2CCCN(C(=O)C3(c4cccc(Cl)c4)CC3)C2)nc1. The summed E-state index contributed by atoms with van der Waals surface area (Å²) >= 11 is 6.14. The van der Waals surface area contributed by atoms with Gasteiger partial charge in [0.1, 0.15) is 5.82 Å². The molecule has 6 heteroatoms. The maximum Gasteiger partial charge on any atom is 0.233 e. The topological polar surface area (TPSA) is 62.3 Å². The summed E-state index contributed by atoms with van der Waals surface area (Å²) in [6, 6.07) is 11.3. The van der Waals surface area contributed by atoms with E-state index in [9.17, 15) is 9.59 Å². The number of benzene rings is 1. The molecule has 146 valence electrons. The molecular formula is C22H24ClN3O2. The lowest BCUT2D eigenvalue weighted by Gasteiger charge is -2.34. The van der Waals surface area contributed by atoms with Gasteiger partial charge in [0, 0.05) is 24.3 Å². The van der Waals surface area contributed by atoms with Crippen molar-refractivity contribution < 1.29 is 9.59 Å². The first-order valence-corrected chi connectivity index (χ1v) is 10.1. The van der Waals surface area contributed by atoms with Crippen LogP contribution in [-0.2, 0) is 15.0 Å². The Morgan fingerprint density at radius 2 is 2.07 bits per heavy atom. The number of anilines is 1. The van der Waals surface area contributed by atoms with Gasteiger partial charge in [-0.05, 0) is 61.9 Å². The molecule has 0 unspecified atom stereocenters. The van der Waals surface area contributed by atoms with E-state index in [1.807, 2.05) is 42.2 Å². The smallest absolute Gasteiger partial charge is 0.233 e. The Labute approximate surface area is 170 Å². The number of aromatic nitrogens is 1. The van der Waals surface area contributed by atoms with Crippen LogP contribution in [0.2, 0.25) is 5.02 Å². The lowest BCUT2D eigenvalue weighted by molar-refractivity contribution is -0.137. The Morgan fingerprint density at radius 1 is 1.25 bits per heavy atom. The third-order valence-electron chi connectivity index (χ3n) is 5.78. The molecule has 2 aliphatic rings. The number of aryl methyl sites for hydroxylation is 1. The molecule has 1 N–H and O–H groups in total. The van der Waals surface area contributed by atoms with Crippen molar-refractivity contribution in [3.63, 3.8) is 0 Å². The van der Waals surface area contributed by atoms with Crippen molar-refractivity contribution >= 4 is 29.2 Å². The number of carbonyl (C=O) groups excluding carboxylic acids is 2. The number of nitrogens with one attached hydrogen (secondary N) is 1. The second-order valence-electron chi connectivity index (χ2n) is 7.89. The molecule has 1 saturated carbocycles. The lowest BCUT2D eigenvalue weighted by atomic mass is 9.91. The van der Waals surface area contributed by atoms with Crippen molar-refractivity contribution in [2.45, 2.75) is 38.0 Å². The number of amides is 2. The average Bonchev–Trinajstić information content (AvgIpc) is 3.51. The summed E-state index contributed by atoms with van der Waals surface area (Å²) in [4.78, 5) is 32.1. The van der Waals surface area contributed by atoms with Crippen LogP contribution >= 0.6 is 11.6 Å². The van der Waals surface area contributed by atoms with Crippen molar-refractivity contribution in [2.75, 3.05) is 18.4 Å². The van der Waals surface area contributed by atoms with Gasteiger partial charge in [0.2, 0.25) is 11.8 Å². The molecule has 2 amide bonds. The Bertz CT molecular complexity index is 893. The van der Waals surface area contributed by atoms with Crippen LogP contribution in [0.4, 0.5) is 5.82 Å². The van der Waals surface area contributed by atoms with E-state index < -0.39 is 5.41 Å². The molecular weight excluding hydrogens is 374 g/mol. The largest absolute Gasteiger partial charge is 0.341 e. The number of rotatable bonds is 4. The fourth-order valence-corrected chi connectivity index (χ4v) is 4.18. The molecule has 0 radical (unpaired) electrons. The highest BCUT2D eigenvalue weighted by Gasteiger charge is 2.53. The molecule has 1 aromatic heterocycles. The predicted octanol–water partition coefficient (Wildman–Crippen LogP) is 3.95. The highest BCUT2D eigenvalue weighted by molar-refractivity contribution is 6.30. The van der Waals surface area contributed by atoms with Gasteiger partial charge in [-0.2, -0.15) is 0 Å². The first kappa shape index (κ1) is 18.9. The van der Waals surface area contributed by atoms with Crippen LogP contribution in [-0.4, -0.2) is 34.8 Å². The summed E-state index contributed by atoms with van der Waals surface area (Å²) in [5.41, 5.74) is 1.57.